The van der Waals surface area contributed by atoms with Crippen LogP contribution in [0.2, 0.25) is 5.02 Å². The SMILES string of the molecule is CC1CCCC(N)(c2nc(Cc3ccc(Cl)cc3)no2)C1. The number of rotatable bonds is 3. The van der Waals surface area contributed by atoms with Crippen LogP contribution in [0, 0.1) is 5.92 Å². The Hall–Kier alpha value is -1.39. The third kappa shape index (κ3) is 3.27. The summed E-state index contributed by atoms with van der Waals surface area (Å²) in [6.07, 6.45) is 4.80. The molecular formula is C16H20ClN3O. The van der Waals surface area contributed by atoms with Gasteiger partial charge in [0.1, 0.15) is 0 Å². The molecule has 1 aromatic carbocycles. The maximum absolute atomic E-state index is 6.48. The summed E-state index contributed by atoms with van der Waals surface area (Å²) in [7, 11) is 0. The van der Waals surface area contributed by atoms with Gasteiger partial charge < -0.3 is 10.3 Å². The average Bonchev–Trinajstić information content (AvgIpc) is 2.90. The lowest BCUT2D eigenvalue weighted by molar-refractivity contribution is 0.183. The Morgan fingerprint density at radius 2 is 2.14 bits per heavy atom. The number of hydrogen-bond acceptors (Lipinski definition) is 4. The molecular weight excluding hydrogens is 286 g/mol. The molecule has 0 radical (unpaired) electrons. The molecule has 1 aliphatic carbocycles. The Labute approximate surface area is 129 Å². The fourth-order valence-electron chi connectivity index (χ4n) is 3.10. The maximum Gasteiger partial charge on any atom is 0.246 e. The smallest absolute Gasteiger partial charge is 0.246 e. The zero-order valence-corrected chi connectivity index (χ0v) is 12.9. The highest BCUT2D eigenvalue weighted by Gasteiger charge is 2.37. The van der Waals surface area contributed by atoms with Crippen LogP contribution in [0.15, 0.2) is 28.8 Å². The van der Waals surface area contributed by atoms with Crippen LogP contribution in [-0.2, 0) is 12.0 Å². The highest BCUT2D eigenvalue weighted by atomic mass is 35.5. The van der Waals surface area contributed by atoms with E-state index in [1.165, 1.54) is 6.42 Å². The molecule has 4 nitrogen and oxygen atoms in total. The third-order valence-electron chi connectivity index (χ3n) is 4.20. The molecule has 112 valence electrons. The summed E-state index contributed by atoms with van der Waals surface area (Å²) in [4.78, 5) is 4.52. The third-order valence-corrected chi connectivity index (χ3v) is 4.45. The van der Waals surface area contributed by atoms with Crippen LogP contribution < -0.4 is 5.73 Å². The topological polar surface area (TPSA) is 64.9 Å². The van der Waals surface area contributed by atoms with Gasteiger partial charge in [0.2, 0.25) is 5.89 Å². The minimum Gasteiger partial charge on any atom is -0.337 e. The van der Waals surface area contributed by atoms with Crippen LogP contribution >= 0.6 is 11.6 Å². The fourth-order valence-corrected chi connectivity index (χ4v) is 3.22. The molecule has 0 spiro atoms. The first kappa shape index (κ1) is 14.5. The molecule has 1 aromatic heterocycles. The van der Waals surface area contributed by atoms with Crippen LogP contribution in [0.3, 0.4) is 0 Å². The molecule has 2 atom stereocenters. The second-order valence-corrected chi connectivity index (χ2v) is 6.61. The quantitative estimate of drug-likeness (QED) is 0.939. The van der Waals surface area contributed by atoms with Gasteiger partial charge in [0.15, 0.2) is 5.82 Å². The van der Waals surface area contributed by atoms with E-state index in [0.717, 1.165) is 29.8 Å². The molecule has 0 saturated heterocycles. The van der Waals surface area contributed by atoms with Crippen molar-refractivity contribution in [3.05, 3.63) is 46.6 Å². The standard InChI is InChI=1S/C16H20ClN3O/c1-11-3-2-8-16(18,10-11)15-19-14(20-21-15)9-12-4-6-13(17)7-5-12/h4-7,11H,2-3,8-10,18H2,1H3. The summed E-state index contributed by atoms with van der Waals surface area (Å²) in [6, 6.07) is 7.68. The molecule has 1 fully saturated rings. The zero-order valence-electron chi connectivity index (χ0n) is 12.2. The first-order chi connectivity index (χ1) is 10.0. The van der Waals surface area contributed by atoms with E-state index in [1.807, 2.05) is 24.3 Å². The van der Waals surface area contributed by atoms with Crippen molar-refractivity contribution in [1.29, 1.82) is 0 Å². The van der Waals surface area contributed by atoms with E-state index >= 15 is 0 Å². The maximum atomic E-state index is 6.48. The highest BCUT2D eigenvalue weighted by Crippen LogP contribution is 2.37. The van der Waals surface area contributed by atoms with Crippen molar-refractivity contribution in [2.75, 3.05) is 0 Å². The Balaban J connectivity index is 1.75. The predicted molar refractivity (Wildman–Crippen MR) is 82.1 cm³/mol. The first-order valence-electron chi connectivity index (χ1n) is 7.41. The summed E-state index contributed by atoms with van der Waals surface area (Å²) in [5.41, 5.74) is 7.13. The molecule has 0 bridgehead atoms. The van der Waals surface area contributed by atoms with E-state index in [4.69, 9.17) is 21.9 Å². The van der Waals surface area contributed by atoms with E-state index in [0.29, 0.717) is 24.1 Å². The lowest BCUT2D eigenvalue weighted by Gasteiger charge is -2.33. The van der Waals surface area contributed by atoms with E-state index in [-0.39, 0.29) is 0 Å². The van der Waals surface area contributed by atoms with Crippen LogP contribution in [0.5, 0.6) is 0 Å². The molecule has 0 aliphatic heterocycles. The number of hydrogen-bond donors (Lipinski definition) is 1. The first-order valence-corrected chi connectivity index (χ1v) is 7.79. The average molecular weight is 306 g/mol. The fraction of sp³-hybridized carbons (Fsp3) is 0.500. The van der Waals surface area contributed by atoms with Gasteiger partial charge in [0, 0.05) is 11.4 Å². The van der Waals surface area contributed by atoms with Crippen LogP contribution in [-0.4, -0.2) is 10.1 Å². The minimum atomic E-state index is -0.455. The van der Waals surface area contributed by atoms with Crippen molar-refractivity contribution in [3.63, 3.8) is 0 Å². The molecule has 1 saturated carbocycles. The molecule has 1 aliphatic rings. The molecule has 2 N–H and O–H groups in total. The van der Waals surface area contributed by atoms with E-state index in [9.17, 15) is 0 Å². The molecule has 1 heterocycles. The second-order valence-electron chi connectivity index (χ2n) is 6.18. The molecule has 5 heteroatoms. The molecule has 3 rings (SSSR count). The number of benzene rings is 1. The van der Waals surface area contributed by atoms with Crippen LogP contribution in [0.4, 0.5) is 0 Å². The number of halogens is 1. The Morgan fingerprint density at radius 1 is 1.38 bits per heavy atom. The number of nitrogens with two attached hydrogens (primary N) is 1. The number of aromatic nitrogens is 2. The summed E-state index contributed by atoms with van der Waals surface area (Å²) in [5, 5.41) is 4.81. The van der Waals surface area contributed by atoms with Gasteiger partial charge in [-0.2, -0.15) is 4.98 Å². The Bertz CT molecular complexity index is 610. The van der Waals surface area contributed by atoms with Crippen molar-refractivity contribution in [2.45, 2.75) is 44.6 Å². The van der Waals surface area contributed by atoms with E-state index in [2.05, 4.69) is 17.1 Å². The van der Waals surface area contributed by atoms with Crippen LogP contribution in [0.25, 0.3) is 0 Å². The molecule has 2 unspecified atom stereocenters. The second kappa shape index (κ2) is 5.78. The zero-order chi connectivity index (χ0) is 14.9. The highest BCUT2D eigenvalue weighted by molar-refractivity contribution is 6.30. The monoisotopic (exact) mass is 305 g/mol. The number of nitrogens with zero attached hydrogens (tertiary/aromatic N) is 2. The van der Waals surface area contributed by atoms with Crippen molar-refractivity contribution >= 4 is 11.6 Å². The lowest BCUT2D eigenvalue weighted by Crippen LogP contribution is -2.41. The minimum absolute atomic E-state index is 0.455. The predicted octanol–water partition coefficient (Wildman–Crippen LogP) is 3.68. The van der Waals surface area contributed by atoms with Crippen molar-refractivity contribution in [1.82, 2.24) is 10.1 Å². The summed E-state index contributed by atoms with van der Waals surface area (Å²) >= 11 is 5.89. The van der Waals surface area contributed by atoms with Gasteiger partial charge in [-0.1, -0.05) is 48.7 Å². The molecule has 0 amide bonds. The summed E-state index contributed by atoms with van der Waals surface area (Å²) in [5.74, 6) is 1.86. The van der Waals surface area contributed by atoms with E-state index < -0.39 is 5.54 Å². The van der Waals surface area contributed by atoms with Crippen LogP contribution in [0.1, 0.15) is 49.9 Å². The lowest BCUT2D eigenvalue weighted by atomic mass is 9.77. The van der Waals surface area contributed by atoms with Gasteiger partial charge in [-0.3, -0.25) is 0 Å². The Morgan fingerprint density at radius 3 is 2.86 bits per heavy atom. The van der Waals surface area contributed by atoms with Gasteiger partial charge >= 0.3 is 0 Å². The van der Waals surface area contributed by atoms with E-state index in [1.54, 1.807) is 0 Å². The molecule has 2 aromatic rings. The summed E-state index contributed by atoms with van der Waals surface area (Å²) in [6.45, 7) is 2.23. The largest absolute Gasteiger partial charge is 0.337 e. The summed E-state index contributed by atoms with van der Waals surface area (Å²) < 4.78 is 5.44. The van der Waals surface area contributed by atoms with Gasteiger partial charge in [-0.25, -0.2) is 0 Å². The van der Waals surface area contributed by atoms with Gasteiger partial charge in [-0.15, -0.1) is 0 Å². The van der Waals surface area contributed by atoms with Gasteiger partial charge in [0.25, 0.3) is 0 Å². The van der Waals surface area contributed by atoms with Gasteiger partial charge in [-0.05, 0) is 36.5 Å². The van der Waals surface area contributed by atoms with Crippen molar-refractivity contribution in [2.24, 2.45) is 11.7 Å². The van der Waals surface area contributed by atoms with Gasteiger partial charge in [0.05, 0.1) is 5.54 Å². The van der Waals surface area contributed by atoms with Crippen molar-refractivity contribution < 1.29 is 4.52 Å². The normalized spacial score (nSPS) is 26.0. The van der Waals surface area contributed by atoms with Crippen molar-refractivity contribution in [3.8, 4) is 0 Å². The Kier molecular flexibility index (Phi) is 4.00. The molecule has 21 heavy (non-hydrogen) atoms.